The second kappa shape index (κ2) is 10.7. The van der Waals surface area contributed by atoms with Crippen LogP contribution in [0.1, 0.15) is 41.3 Å². The number of carbonyl (C=O) groups is 2. The van der Waals surface area contributed by atoms with E-state index in [1.807, 2.05) is 35.7 Å². The average molecular weight is 495 g/mol. The fourth-order valence-corrected chi connectivity index (χ4v) is 7.06. The van der Waals surface area contributed by atoms with E-state index >= 15 is 0 Å². The fourth-order valence-electron chi connectivity index (χ4n) is 2.95. The highest BCUT2D eigenvalue weighted by Crippen LogP contribution is 2.45. The maximum atomic E-state index is 12.4. The zero-order valence-corrected chi connectivity index (χ0v) is 20.5. The van der Waals surface area contributed by atoms with Crippen molar-refractivity contribution in [1.29, 1.82) is 0 Å². The lowest BCUT2D eigenvalue weighted by molar-refractivity contribution is -0.123. The minimum absolute atomic E-state index is 0.0986. The van der Waals surface area contributed by atoms with E-state index in [2.05, 4.69) is 10.0 Å². The number of anilines is 1. The number of thioether (sulfide) groups is 2. The molecule has 1 atom stereocenters. The molecule has 1 unspecified atom stereocenters. The topological polar surface area (TPSA) is 102 Å². The van der Waals surface area contributed by atoms with Crippen molar-refractivity contribution in [2.45, 2.75) is 42.4 Å². The highest BCUT2D eigenvalue weighted by atomic mass is 32.2. The minimum atomic E-state index is -3.61. The van der Waals surface area contributed by atoms with Crippen molar-refractivity contribution in [2.75, 3.05) is 16.8 Å². The number of sulfonamides is 1. The summed E-state index contributed by atoms with van der Waals surface area (Å²) in [7, 11) is -3.61. The predicted octanol–water partition coefficient (Wildman–Crippen LogP) is 4.04. The summed E-state index contributed by atoms with van der Waals surface area (Å²) >= 11 is 3.77. The molecular weight excluding hydrogens is 468 g/mol. The van der Waals surface area contributed by atoms with E-state index in [9.17, 15) is 18.0 Å². The first-order valence-corrected chi connectivity index (χ1v) is 13.7. The minimum Gasteiger partial charge on any atom is -0.449 e. The van der Waals surface area contributed by atoms with Gasteiger partial charge in [-0.25, -0.2) is 17.9 Å². The number of nitrogens with one attached hydrogen (secondary N) is 2. The van der Waals surface area contributed by atoms with Crippen LogP contribution >= 0.6 is 23.5 Å². The second-order valence-electron chi connectivity index (χ2n) is 7.53. The molecule has 7 nitrogen and oxygen atoms in total. The van der Waals surface area contributed by atoms with Crippen LogP contribution in [0, 0.1) is 0 Å². The maximum absolute atomic E-state index is 12.4. The lowest BCUT2D eigenvalue weighted by Crippen LogP contribution is -2.30. The van der Waals surface area contributed by atoms with Gasteiger partial charge in [-0.05, 0) is 62.7 Å². The summed E-state index contributed by atoms with van der Waals surface area (Å²) in [5.74, 6) is 1.16. The third kappa shape index (κ3) is 6.50. The summed E-state index contributed by atoms with van der Waals surface area (Å²) in [6, 6.07) is 12.8. The van der Waals surface area contributed by atoms with Gasteiger partial charge in [-0.1, -0.05) is 12.1 Å². The molecule has 2 aromatic rings. The van der Waals surface area contributed by atoms with Gasteiger partial charge in [-0.2, -0.15) is 0 Å². The van der Waals surface area contributed by atoms with E-state index in [1.54, 1.807) is 26.0 Å². The molecule has 0 radical (unpaired) electrons. The molecule has 0 aromatic heterocycles. The molecule has 0 aliphatic carbocycles. The van der Waals surface area contributed by atoms with Gasteiger partial charge in [0.1, 0.15) is 0 Å². The Labute approximate surface area is 197 Å². The Morgan fingerprint density at radius 3 is 2.12 bits per heavy atom. The van der Waals surface area contributed by atoms with E-state index < -0.39 is 28.0 Å². The molecule has 2 N–H and O–H groups in total. The van der Waals surface area contributed by atoms with E-state index in [0.29, 0.717) is 15.8 Å². The molecule has 172 valence electrons. The van der Waals surface area contributed by atoms with Crippen LogP contribution in [0.3, 0.4) is 0 Å². The third-order valence-corrected chi connectivity index (χ3v) is 9.30. The van der Waals surface area contributed by atoms with E-state index in [4.69, 9.17) is 4.74 Å². The molecule has 3 rings (SSSR count). The Kier molecular flexibility index (Phi) is 8.26. The van der Waals surface area contributed by atoms with Crippen LogP contribution in [-0.2, 0) is 19.6 Å². The van der Waals surface area contributed by atoms with Crippen LogP contribution in [0.15, 0.2) is 53.4 Å². The summed E-state index contributed by atoms with van der Waals surface area (Å²) in [5, 5.41) is 2.63. The van der Waals surface area contributed by atoms with Gasteiger partial charge in [-0.15, -0.1) is 23.5 Å². The van der Waals surface area contributed by atoms with Gasteiger partial charge in [0.2, 0.25) is 10.0 Å². The molecule has 32 heavy (non-hydrogen) atoms. The third-order valence-electron chi connectivity index (χ3n) is 4.52. The summed E-state index contributed by atoms with van der Waals surface area (Å²) in [6.07, 6.45) is -1.02. The van der Waals surface area contributed by atoms with Gasteiger partial charge in [0, 0.05) is 23.2 Å². The Hall–Kier alpha value is -2.01. The van der Waals surface area contributed by atoms with Crippen molar-refractivity contribution in [2.24, 2.45) is 0 Å². The number of amides is 1. The Morgan fingerprint density at radius 1 is 0.969 bits per heavy atom. The van der Waals surface area contributed by atoms with Gasteiger partial charge in [-0.3, -0.25) is 4.79 Å². The molecule has 1 aliphatic heterocycles. The van der Waals surface area contributed by atoms with Gasteiger partial charge < -0.3 is 10.1 Å². The summed E-state index contributed by atoms with van der Waals surface area (Å²) in [5.41, 5.74) is 1.94. The smallest absolute Gasteiger partial charge is 0.338 e. The van der Waals surface area contributed by atoms with Crippen molar-refractivity contribution < 1.29 is 22.7 Å². The Bertz CT molecular complexity index is 1050. The van der Waals surface area contributed by atoms with Crippen molar-refractivity contribution in [3.05, 3.63) is 59.7 Å². The first kappa shape index (κ1) is 24.6. The van der Waals surface area contributed by atoms with Crippen LogP contribution in [-0.4, -0.2) is 43.9 Å². The second-order valence-corrected chi connectivity index (χ2v) is 12.0. The monoisotopic (exact) mass is 494 g/mol. The fraction of sp³-hybridized carbons (Fsp3) is 0.364. The van der Waals surface area contributed by atoms with Gasteiger partial charge in [0.05, 0.1) is 15.0 Å². The quantitative estimate of drug-likeness (QED) is 0.534. The number of esters is 1. The van der Waals surface area contributed by atoms with Crippen LogP contribution in [0.2, 0.25) is 0 Å². The first-order valence-electron chi connectivity index (χ1n) is 10.1. The molecular formula is C22H26N2O5S3. The predicted molar refractivity (Wildman–Crippen MR) is 130 cm³/mol. The number of benzene rings is 2. The molecule has 10 heteroatoms. The van der Waals surface area contributed by atoms with E-state index in [1.165, 1.54) is 31.2 Å². The van der Waals surface area contributed by atoms with Crippen LogP contribution in [0.5, 0.6) is 0 Å². The number of ether oxygens (including phenoxy) is 1. The van der Waals surface area contributed by atoms with Crippen LogP contribution < -0.4 is 10.0 Å². The number of rotatable bonds is 8. The molecule has 1 heterocycles. The molecule has 1 saturated heterocycles. The van der Waals surface area contributed by atoms with Gasteiger partial charge >= 0.3 is 5.97 Å². The lowest BCUT2D eigenvalue weighted by Gasteiger charge is -2.15. The highest BCUT2D eigenvalue weighted by Gasteiger charge is 2.22. The largest absolute Gasteiger partial charge is 0.449 e. The van der Waals surface area contributed by atoms with Crippen molar-refractivity contribution >= 4 is 51.1 Å². The van der Waals surface area contributed by atoms with Crippen molar-refractivity contribution in [1.82, 2.24) is 4.72 Å². The number of hydrogen-bond donors (Lipinski definition) is 2. The van der Waals surface area contributed by atoms with Gasteiger partial charge in [0.15, 0.2) is 6.10 Å². The molecule has 1 aliphatic rings. The molecule has 1 fully saturated rings. The van der Waals surface area contributed by atoms with E-state index in [0.717, 1.165) is 17.1 Å². The Morgan fingerprint density at radius 2 is 1.56 bits per heavy atom. The first-order chi connectivity index (χ1) is 15.2. The average Bonchev–Trinajstić information content (AvgIpc) is 3.28. The summed E-state index contributed by atoms with van der Waals surface area (Å²) < 4.78 is 32.5. The Balaban J connectivity index is 1.55. The van der Waals surface area contributed by atoms with Crippen molar-refractivity contribution in [3.63, 3.8) is 0 Å². The lowest BCUT2D eigenvalue weighted by atomic mass is 10.1. The zero-order chi connectivity index (χ0) is 23.3. The zero-order valence-electron chi connectivity index (χ0n) is 18.0. The molecule has 0 saturated carbocycles. The maximum Gasteiger partial charge on any atom is 0.338 e. The molecule has 2 aromatic carbocycles. The molecule has 0 bridgehead atoms. The normalized spacial score (nSPS) is 15.5. The van der Waals surface area contributed by atoms with Crippen molar-refractivity contribution in [3.8, 4) is 0 Å². The molecule has 1 amide bonds. The van der Waals surface area contributed by atoms with Gasteiger partial charge in [0.25, 0.3) is 5.91 Å². The highest BCUT2D eigenvalue weighted by molar-refractivity contribution is 8.19. The van der Waals surface area contributed by atoms with Crippen LogP contribution in [0.4, 0.5) is 5.69 Å². The van der Waals surface area contributed by atoms with Crippen LogP contribution in [0.25, 0.3) is 0 Å². The molecule has 0 spiro atoms. The SMILES string of the molecule is CC(C)NS(=O)(=O)c1ccc(NC(=O)C(C)OC(=O)c2ccc(C3SCCS3)cc2)cc1. The standard InChI is InChI=1S/C22H26N2O5S3/c1-14(2)24-32(27,28)19-10-8-18(9-11-19)23-20(25)15(3)29-21(26)16-4-6-17(7-5-16)22-30-12-13-31-22/h4-11,14-15,22,24H,12-13H2,1-3H3,(H,23,25). The number of hydrogen-bond acceptors (Lipinski definition) is 7. The summed E-state index contributed by atoms with van der Waals surface area (Å²) in [4.78, 5) is 24.9. The summed E-state index contributed by atoms with van der Waals surface area (Å²) in [6.45, 7) is 4.95. The van der Waals surface area contributed by atoms with E-state index in [-0.39, 0.29) is 10.9 Å². The number of carbonyl (C=O) groups excluding carboxylic acids is 2.